The van der Waals surface area contributed by atoms with Gasteiger partial charge >= 0.3 is 5.97 Å². The number of halogens is 1. The molecule has 0 spiro atoms. The quantitative estimate of drug-likeness (QED) is 0.575. The average molecular weight is 271 g/mol. The highest BCUT2D eigenvalue weighted by Gasteiger charge is 2.24. The Morgan fingerprint density at radius 3 is 2.47 bits per heavy atom. The lowest BCUT2D eigenvalue weighted by Gasteiger charge is -2.17. The molecule has 3 heteroatoms. The van der Waals surface area contributed by atoms with Crippen molar-refractivity contribution in [3.8, 4) is 5.75 Å². The zero-order valence-corrected chi connectivity index (χ0v) is 11.0. The van der Waals surface area contributed by atoms with E-state index in [-0.39, 0.29) is 5.97 Å². The molecule has 0 aliphatic heterocycles. The van der Waals surface area contributed by atoms with Crippen LogP contribution in [0.5, 0.6) is 5.75 Å². The van der Waals surface area contributed by atoms with E-state index >= 15 is 0 Å². The molecule has 0 fully saturated rings. The second-order valence-electron chi connectivity index (χ2n) is 4.55. The Hall–Kier alpha value is -0.830. The summed E-state index contributed by atoms with van der Waals surface area (Å²) in [5, 5.41) is 0. The van der Waals surface area contributed by atoms with E-state index in [0.29, 0.717) is 5.75 Å². The van der Waals surface area contributed by atoms with Crippen LogP contribution in [0.2, 0.25) is 0 Å². The molecule has 0 N–H and O–H groups in total. The highest BCUT2D eigenvalue weighted by Crippen LogP contribution is 2.25. The Bertz CT molecular complexity index is 378. The second-order valence-corrected chi connectivity index (χ2v) is 5.47. The van der Waals surface area contributed by atoms with Crippen LogP contribution in [0, 0.1) is 12.3 Å². The summed E-state index contributed by atoms with van der Waals surface area (Å²) >= 11 is 3.35. The molecule has 2 nitrogen and oxygen atoms in total. The minimum absolute atomic E-state index is 0.219. The summed E-state index contributed by atoms with van der Waals surface area (Å²) in [6.45, 7) is 7.42. The zero-order valence-electron chi connectivity index (χ0n) is 9.43. The van der Waals surface area contributed by atoms with Gasteiger partial charge in [-0.15, -0.1) is 0 Å². The van der Waals surface area contributed by atoms with E-state index < -0.39 is 5.41 Å². The number of rotatable bonds is 1. The van der Waals surface area contributed by atoms with Crippen LogP contribution in [0.15, 0.2) is 22.7 Å². The molecule has 0 saturated heterocycles. The molecule has 0 atom stereocenters. The van der Waals surface area contributed by atoms with Gasteiger partial charge in [0.15, 0.2) is 0 Å². The summed E-state index contributed by atoms with van der Waals surface area (Å²) in [5.74, 6) is 0.396. The fourth-order valence-corrected chi connectivity index (χ4v) is 1.28. The highest BCUT2D eigenvalue weighted by molar-refractivity contribution is 9.10. The van der Waals surface area contributed by atoms with E-state index in [4.69, 9.17) is 4.74 Å². The van der Waals surface area contributed by atoms with E-state index in [2.05, 4.69) is 15.9 Å². The van der Waals surface area contributed by atoms with E-state index in [1.807, 2.05) is 39.8 Å². The van der Waals surface area contributed by atoms with Gasteiger partial charge in [0, 0.05) is 4.47 Å². The summed E-state index contributed by atoms with van der Waals surface area (Å²) in [4.78, 5) is 11.7. The van der Waals surface area contributed by atoms with Gasteiger partial charge in [-0.1, -0.05) is 22.0 Å². The Labute approximate surface area is 98.8 Å². The first-order chi connectivity index (χ1) is 6.80. The molecule has 15 heavy (non-hydrogen) atoms. The van der Waals surface area contributed by atoms with Gasteiger partial charge in [0.25, 0.3) is 0 Å². The lowest BCUT2D eigenvalue weighted by Crippen LogP contribution is -2.25. The Morgan fingerprint density at radius 1 is 1.33 bits per heavy atom. The number of carbonyl (C=O) groups is 1. The molecule has 1 aromatic carbocycles. The Morgan fingerprint density at radius 2 is 1.93 bits per heavy atom. The summed E-state index contributed by atoms with van der Waals surface area (Å²) in [6.07, 6.45) is 0. The third-order valence-electron chi connectivity index (χ3n) is 1.97. The number of hydrogen-bond donors (Lipinski definition) is 0. The van der Waals surface area contributed by atoms with Crippen LogP contribution in [0.3, 0.4) is 0 Å². The average Bonchev–Trinajstić information content (AvgIpc) is 2.09. The number of ether oxygens (including phenoxy) is 1. The molecule has 0 aliphatic carbocycles. The lowest BCUT2D eigenvalue weighted by molar-refractivity contribution is -0.143. The first-order valence-corrected chi connectivity index (χ1v) is 5.58. The minimum Gasteiger partial charge on any atom is -0.426 e. The molecule has 0 heterocycles. The van der Waals surface area contributed by atoms with Crippen LogP contribution in [-0.4, -0.2) is 5.97 Å². The van der Waals surface area contributed by atoms with Crippen LogP contribution in [0.1, 0.15) is 26.3 Å². The van der Waals surface area contributed by atoms with Gasteiger partial charge in [-0.2, -0.15) is 0 Å². The second kappa shape index (κ2) is 4.35. The van der Waals surface area contributed by atoms with Crippen molar-refractivity contribution in [2.45, 2.75) is 27.7 Å². The standard InChI is InChI=1S/C12H15BrO2/c1-8-5-6-9(13)7-10(8)15-11(14)12(2,3)4/h5-7H,1-4H3. The van der Waals surface area contributed by atoms with Crippen LogP contribution in [-0.2, 0) is 4.79 Å². The van der Waals surface area contributed by atoms with Crippen LogP contribution in [0.4, 0.5) is 0 Å². The van der Waals surface area contributed by atoms with Gasteiger partial charge in [0.1, 0.15) is 5.75 Å². The molecule has 0 bridgehead atoms. The third-order valence-corrected chi connectivity index (χ3v) is 2.46. The number of esters is 1. The van der Waals surface area contributed by atoms with E-state index in [1.165, 1.54) is 0 Å². The van der Waals surface area contributed by atoms with E-state index in [0.717, 1.165) is 10.0 Å². The third kappa shape index (κ3) is 3.34. The first-order valence-electron chi connectivity index (χ1n) is 4.79. The minimum atomic E-state index is -0.477. The van der Waals surface area contributed by atoms with Gasteiger partial charge < -0.3 is 4.74 Å². The topological polar surface area (TPSA) is 26.3 Å². The number of hydrogen-bond acceptors (Lipinski definition) is 2. The van der Waals surface area contributed by atoms with E-state index in [9.17, 15) is 4.79 Å². The van der Waals surface area contributed by atoms with Crippen molar-refractivity contribution in [3.63, 3.8) is 0 Å². The summed E-state index contributed by atoms with van der Waals surface area (Å²) in [5.41, 5.74) is 0.477. The number of benzene rings is 1. The predicted octanol–water partition coefficient (Wildman–Crippen LogP) is 3.71. The molecule has 0 radical (unpaired) electrons. The molecule has 1 aromatic rings. The van der Waals surface area contributed by atoms with Crippen molar-refractivity contribution in [1.82, 2.24) is 0 Å². The molecular formula is C12H15BrO2. The SMILES string of the molecule is Cc1ccc(Br)cc1OC(=O)C(C)(C)C. The van der Waals surface area contributed by atoms with Crippen molar-refractivity contribution in [3.05, 3.63) is 28.2 Å². The largest absolute Gasteiger partial charge is 0.426 e. The summed E-state index contributed by atoms with van der Waals surface area (Å²) < 4.78 is 6.23. The first kappa shape index (κ1) is 12.2. The van der Waals surface area contributed by atoms with Gasteiger partial charge in [0.2, 0.25) is 0 Å². The predicted molar refractivity (Wildman–Crippen MR) is 64.0 cm³/mol. The normalized spacial score (nSPS) is 11.3. The Balaban J connectivity index is 2.90. The number of carbonyl (C=O) groups excluding carboxylic acids is 1. The highest BCUT2D eigenvalue weighted by atomic mass is 79.9. The van der Waals surface area contributed by atoms with E-state index in [1.54, 1.807) is 6.07 Å². The van der Waals surface area contributed by atoms with Crippen LogP contribution < -0.4 is 4.74 Å². The maximum atomic E-state index is 11.7. The fourth-order valence-electron chi connectivity index (χ4n) is 0.937. The molecule has 1 rings (SSSR count). The maximum Gasteiger partial charge on any atom is 0.316 e. The van der Waals surface area contributed by atoms with Crippen molar-refractivity contribution in [2.24, 2.45) is 5.41 Å². The zero-order chi connectivity index (χ0) is 11.6. The number of aryl methyl sites for hydroxylation is 1. The summed E-state index contributed by atoms with van der Waals surface area (Å²) in [6, 6.07) is 5.64. The van der Waals surface area contributed by atoms with Crippen LogP contribution >= 0.6 is 15.9 Å². The van der Waals surface area contributed by atoms with Gasteiger partial charge in [-0.05, 0) is 45.4 Å². The fraction of sp³-hybridized carbons (Fsp3) is 0.417. The molecule has 82 valence electrons. The molecule has 0 unspecified atom stereocenters. The molecule has 0 aliphatic rings. The van der Waals surface area contributed by atoms with Gasteiger partial charge in [0.05, 0.1) is 5.41 Å². The van der Waals surface area contributed by atoms with Crippen LogP contribution in [0.25, 0.3) is 0 Å². The van der Waals surface area contributed by atoms with Gasteiger partial charge in [-0.25, -0.2) is 0 Å². The smallest absolute Gasteiger partial charge is 0.316 e. The molecule has 0 amide bonds. The lowest BCUT2D eigenvalue weighted by atomic mass is 9.97. The summed E-state index contributed by atoms with van der Waals surface area (Å²) in [7, 11) is 0. The van der Waals surface area contributed by atoms with Crippen molar-refractivity contribution >= 4 is 21.9 Å². The molecule has 0 saturated carbocycles. The van der Waals surface area contributed by atoms with Crippen molar-refractivity contribution in [2.75, 3.05) is 0 Å². The van der Waals surface area contributed by atoms with Crippen molar-refractivity contribution < 1.29 is 9.53 Å². The Kier molecular flexibility index (Phi) is 3.55. The van der Waals surface area contributed by atoms with Crippen molar-refractivity contribution in [1.29, 1.82) is 0 Å². The monoisotopic (exact) mass is 270 g/mol. The maximum absolute atomic E-state index is 11.7. The molecule has 0 aromatic heterocycles. The molecular weight excluding hydrogens is 256 g/mol. The van der Waals surface area contributed by atoms with Gasteiger partial charge in [-0.3, -0.25) is 4.79 Å².